The lowest BCUT2D eigenvalue weighted by atomic mass is 10.2. The molecule has 1 N–H and O–H groups in total. The van der Waals surface area contributed by atoms with Crippen molar-refractivity contribution in [3.05, 3.63) is 53.3 Å². The van der Waals surface area contributed by atoms with Crippen LogP contribution in [0.4, 0.5) is 4.39 Å². The first kappa shape index (κ1) is 19.0. The third kappa shape index (κ3) is 4.89. The van der Waals surface area contributed by atoms with Gasteiger partial charge in [-0.1, -0.05) is 19.1 Å². The summed E-state index contributed by atoms with van der Waals surface area (Å²) in [6.07, 6.45) is 0. The van der Waals surface area contributed by atoms with Crippen molar-refractivity contribution >= 4 is 5.91 Å². The van der Waals surface area contributed by atoms with E-state index in [-0.39, 0.29) is 25.0 Å². The second kappa shape index (κ2) is 8.73. The van der Waals surface area contributed by atoms with Crippen LogP contribution in [0.15, 0.2) is 36.4 Å². The number of benzene rings is 2. The zero-order chi connectivity index (χ0) is 19.2. The molecule has 6 nitrogen and oxygen atoms in total. The van der Waals surface area contributed by atoms with Gasteiger partial charge in [-0.15, -0.1) is 0 Å². The number of likely N-dealkylation sites (N-methyl/N-ethyl adjacent to an activating group) is 1. The van der Waals surface area contributed by atoms with Gasteiger partial charge in [0.25, 0.3) is 0 Å². The van der Waals surface area contributed by atoms with Gasteiger partial charge in [-0.3, -0.25) is 9.69 Å². The quantitative estimate of drug-likeness (QED) is 0.770. The number of amides is 1. The smallest absolute Gasteiger partial charge is 0.234 e. The van der Waals surface area contributed by atoms with Crippen molar-refractivity contribution in [3.8, 4) is 17.2 Å². The number of ether oxygens (including phenoxy) is 3. The molecule has 0 aliphatic carbocycles. The molecule has 27 heavy (non-hydrogen) atoms. The Kier molecular flexibility index (Phi) is 6.13. The first-order valence-electron chi connectivity index (χ1n) is 8.79. The Hall–Kier alpha value is -2.80. The zero-order valence-corrected chi connectivity index (χ0v) is 15.5. The molecule has 7 heteroatoms. The van der Waals surface area contributed by atoms with Crippen LogP contribution in [-0.4, -0.2) is 37.8 Å². The molecule has 1 heterocycles. The fourth-order valence-electron chi connectivity index (χ4n) is 2.86. The summed E-state index contributed by atoms with van der Waals surface area (Å²) in [4.78, 5) is 14.2. The van der Waals surface area contributed by atoms with Crippen LogP contribution in [0.2, 0.25) is 0 Å². The van der Waals surface area contributed by atoms with E-state index in [9.17, 15) is 9.18 Å². The second-order valence-corrected chi connectivity index (χ2v) is 6.24. The summed E-state index contributed by atoms with van der Waals surface area (Å²) in [5.41, 5.74) is 1.73. The average Bonchev–Trinajstić information content (AvgIpc) is 3.14. The van der Waals surface area contributed by atoms with Gasteiger partial charge in [-0.05, 0) is 41.9 Å². The topological polar surface area (TPSA) is 60.0 Å². The molecule has 1 amide bonds. The monoisotopic (exact) mass is 374 g/mol. The largest absolute Gasteiger partial charge is 0.494 e. The summed E-state index contributed by atoms with van der Waals surface area (Å²) in [7, 11) is 1.43. The van der Waals surface area contributed by atoms with Gasteiger partial charge in [-0.25, -0.2) is 4.39 Å². The number of carbonyl (C=O) groups is 1. The molecule has 0 unspecified atom stereocenters. The molecule has 3 rings (SSSR count). The van der Waals surface area contributed by atoms with Crippen LogP contribution >= 0.6 is 0 Å². The normalized spacial score (nSPS) is 12.3. The van der Waals surface area contributed by atoms with Gasteiger partial charge >= 0.3 is 0 Å². The Morgan fingerprint density at radius 2 is 1.96 bits per heavy atom. The van der Waals surface area contributed by atoms with E-state index in [0.29, 0.717) is 31.1 Å². The maximum absolute atomic E-state index is 13.8. The van der Waals surface area contributed by atoms with Crippen LogP contribution in [0.1, 0.15) is 18.1 Å². The Morgan fingerprint density at radius 1 is 1.19 bits per heavy atom. The van der Waals surface area contributed by atoms with Crippen molar-refractivity contribution in [2.24, 2.45) is 0 Å². The predicted molar refractivity (Wildman–Crippen MR) is 98.3 cm³/mol. The molecule has 0 atom stereocenters. The Balaban J connectivity index is 1.51. The molecule has 2 aromatic rings. The third-order valence-corrected chi connectivity index (χ3v) is 4.36. The van der Waals surface area contributed by atoms with Crippen molar-refractivity contribution in [3.63, 3.8) is 0 Å². The summed E-state index contributed by atoms with van der Waals surface area (Å²) in [5, 5.41) is 2.90. The molecule has 0 saturated heterocycles. The predicted octanol–water partition coefficient (Wildman–Crippen LogP) is 2.70. The molecule has 2 aromatic carbocycles. The lowest BCUT2D eigenvalue weighted by Crippen LogP contribution is -2.36. The fourth-order valence-corrected chi connectivity index (χ4v) is 2.86. The zero-order valence-electron chi connectivity index (χ0n) is 15.5. The van der Waals surface area contributed by atoms with Gasteiger partial charge in [0.15, 0.2) is 23.1 Å². The van der Waals surface area contributed by atoms with Gasteiger partial charge in [0.1, 0.15) is 0 Å². The number of hydrogen-bond donors (Lipinski definition) is 1. The van der Waals surface area contributed by atoms with E-state index in [1.54, 1.807) is 12.1 Å². The average molecular weight is 374 g/mol. The highest BCUT2D eigenvalue weighted by atomic mass is 19.1. The number of methoxy groups -OCH3 is 1. The van der Waals surface area contributed by atoms with Crippen molar-refractivity contribution in [2.75, 3.05) is 27.0 Å². The minimum atomic E-state index is -0.404. The number of nitrogens with one attached hydrogen (secondary N) is 1. The van der Waals surface area contributed by atoms with Gasteiger partial charge in [0.2, 0.25) is 12.7 Å². The molecule has 0 aromatic heterocycles. The SMILES string of the molecule is CCN(CC(=O)NCc1ccc2c(c1)OCO2)Cc1ccc(OC)c(F)c1. The van der Waals surface area contributed by atoms with Crippen molar-refractivity contribution < 1.29 is 23.4 Å². The minimum Gasteiger partial charge on any atom is -0.494 e. The number of rotatable bonds is 8. The molecular formula is C20H23FN2O4. The number of carbonyl (C=O) groups excluding carboxylic acids is 1. The Morgan fingerprint density at radius 3 is 2.70 bits per heavy atom. The van der Waals surface area contributed by atoms with E-state index in [1.807, 2.05) is 30.0 Å². The first-order valence-corrected chi connectivity index (χ1v) is 8.79. The molecular weight excluding hydrogens is 351 g/mol. The van der Waals surface area contributed by atoms with Crippen LogP contribution in [0.5, 0.6) is 17.2 Å². The van der Waals surface area contributed by atoms with Crippen molar-refractivity contribution in [1.29, 1.82) is 0 Å². The van der Waals surface area contributed by atoms with E-state index in [1.165, 1.54) is 13.2 Å². The highest BCUT2D eigenvalue weighted by molar-refractivity contribution is 5.78. The second-order valence-electron chi connectivity index (χ2n) is 6.24. The van der Waals surface area contributed by atoms with Crippen molar-refractivity contribution in [2.45, 2.75) is 20.0 Å². The maximum atomic E-state index is 13.8. The Labute approximate surface area is 157 Å². The number of halogens is 1. The highest BCUT2D eigenvalue weighted by Gasteiger charge is 2.14. The van der Waals surface area contributed by atoms with Crippen LogP contribution in [0.25, 0.3) is 0 Å². The molecule has 1 aliphatic rings. The van der Waals surface area contributed by atoms with Crippen LogP contribution in [0, 0.1) is 5.82 Å². The van der Waals surface area contributed by atoms with Crippen LogP contribution in [0.3, 0.4) is 0 Å². The summed E-state index contributed by atoms with van der Waals surface area (Å²) >= 11 is 0. The number of fused-ring (bicyclic) bond motifs is 1. The Bertz CT molecular complexity index is 813. The lowest BCUT2D eigenvalue weighted by Gasteiger charge is -2.20. The molecule has 0 saturated carbocycles. The summed E-state index contributed by atoms with van der Waals surface area (Å²) in [6, 6.07) is 10.4. The van der Waals surface area contributed by atoms with Gasteiger partial charge in [-0.2, -0.15) is 0 Å². The number of nitrogens with zero attached hydrogens (tertiary/aromatic N) is 1. The molecule has 0 bridgehead atoms. The first-order chi connectivity index (χ1) is 13.1. The van der Waals surface area contributed by atoms with E-state index in [0.717, 1.165) is 11.1 Å². The highest BCUT2D eigenvalue weighted by Crippen LogP contribution is 2.32. The van der Waals surface area contributed by atoms with Gasteiger partial charge in [0, 0.05) is 13.1 Å². The minimum absolute atomic E-state index is 0.0940. The van der Waals surface area contributed by atoms with Crippen LogP contribution < -0.4 is 19.5 Å². The van der Waals surface area contributed by atoms with E-state index >= 15 is 0 Å². The fraction of sp³-hybridized carbons (Fsp3) is 0.350. The van der Waals surface area contributed by atoms with E-state index in [2.05, 4.69) is 5.32 Å². The van der Waals surface area contributed by atoms with Gasteiger partial charge in [0.05, 0.1) is 13.7 Å². The van der Waals surface area contributed by atoms with Crippen LogP contribution in [-0.2, 0) is 17.9 Å². The van der Waals surface area contributed by atoms with Crippen molar-refractivity contribution in [1.82, 2.24) is 10.2 Å². The lowest BCUT2D eigenvalue weighted by molar-refractivity contribution is -0.122. The number of hydrogen-bond acceptors (Lipinski definition) is 5. The summed E-state index contributed by atoms with van der Waals surface area (Å²) in [6.45, 7) is 3.98. The molecule has 0 spiro atoms. The molecule has 0 fully saturated rings. The van der Waals surface area contributed by atoms with Gasteiger partial charge < -0.3 is 19.5 Å². The summed E-state index contributed by atoms with van der Waals surface area (Å²) in [5.74, 6) is 1.12. The molecule has 144 valence electrons. The third-order valence-electron chi connectivity index (χ3n) is 4.36. The maximum Gasteiger partial charge on any atom is 0.234 e. The van der Waals surface area contributed by atoms with E-state index < -0.39 is 5.82 Å². The molecule has 1 aliphatic heterocycles. The summed E-state index contributed by atoms with van der Waals surface area (Å²) < 4.78 is 29.4. The molecule has 0 radical (unpaired) electrons. The van der Waals surface area contributed by atoms with E-state index in [4.69, 9.17) is 14.2 Å². The standard InChI is InChI=1S/C20H23FN2O4/c1-3-23(11-15-5-6-17(25-2)16(21)8-15)12-20(24)22-10-14-4-7-18-19(9-14)27-13-26-18/h4-9H,3,10-13H2,1-2H3,(H,22,24).